The van der Waals surface area contributed by atoms with Crippen molar-refractivity contribution in [2.24, 2.45) is 0 Å². The van der Waals surface area contributed by atoms with Gasteiger partial charge in [0, 0.05) is 6.04 Å². The summed E-state index contributed by atoms with van der Waals surface area (Å²) in [4.78, 5) is 0. The number of halogens is 1. The van der Waals surface area contributed by atoms with Crippen LogP contribution in [0.4, 0.5) is 0 Å². The van der Waals surface area contributed by atoms with Crippen molar-refractivity contribution in [1.29, 1.82) is 0 Å². The molecule has 0 bridgehead atoms. The molecular formula is C11H12BrNOS. The van der Waals surface area contributed by atoms with Crippen molar-refractivity contribution in [3.8, 4) is 0 Å². The third kappa shape index (κ3) is 2.71. The lowest BCUT2D eigenvalue weighted by atomic mass is 10.2. The molecular weight excluding hydrogens is 274 g/mol. The van der Waals surface area contributed by atoms with E-state index in [9.17, 15) is 0 Å². The molecule has 0 aromatic carbocycles. The topological polar surface area (TPSA) is 25.2 Å². The van der Waals surface area contributed by atoms with Gasteiger partial charge in [-0.3, -0.25) is 0 Å². The van der Waals surface area contributed by atoms with Gasteiger partial charge in [0.05, 0.1) is 17.3 Å². The van der Waals surface area contributed by atoms with Crippen LogP contribution in [0, 0.1) is 0 Å². The Labute approximate surface area is 101 Å². The molecule has 0 aliphatic heterocycles. The summed E-state index contributed by atoms with van der Waals surface area (Å²) >= 11 is 5.16. The predicted molar refractivity (Wildman–Crippen MR) is 66.0 cm³/mol. The molecule has 2 rings (SSSR count). The van der Waals surface area contributed by atoms with Crippen molar-refractivity contribution in [2.45, 2.75) is 19.5 Å². The average molecular weight is 286 g/mol. The van der Waals surface area contributed by atoms with Crippen molar-refractivity contribution < 1.29 is 4.42 Å². The van der Waals surface area contributed by atoms with Crippen LogP contribution in [0.15, 0.2) is 38.0 Å². The fourth-order valence-electron chi connectivity index (χ4n) is 1.34. The first-order valence-electron chi connectivity index (χ1n) is 4.74. The van der Waals surface area contributed by atoms with Crippen LogP contribution < -0.4 is 5.32 Å². The summed E-state index contributed by atoms with van der Waals surface area (Å²) in [7, 11) is 0. The first-order chi connectivity index (χ1) is 7.27. The minimum absolute atomic E-state index is 0.355. The van der Waals surface area contributed by atoms with Crippen molar-refractivity contribution in [2.75, 3.05) is 0 Å². The van der Waals surface area contributed by atoms with Crippen LogP contribution in [-0.4, -0.2) is 0 Å². The Morgan fingerprint density at radius 1 is 1.53 bits per heavy atom. The molecule has 0 radical (unpaired) electrons. The molecule has 2 aromatic heterocycles. The summed E-state index contributed by atoms with van der Waals surface area (Å²) in [6, 6.07) is 4.40. The smallest absolute Gasteiger partial charge is 0.131 e. The quantitative estimate of drug-likeness (QED) is 0.920. The van der Waals surface area contributed by atoms with E-state index >= 15 is 0 Å². The highest BCUT2D eigenvalue weighted by atomic mass is 79.9. The van der Waals surface area contributed by atoms with E-state index in [4.69, 9.17) is 4.42 Å². The van der Waals surface area contributed by atoms with E-state index in [-0.39, 0.29) is 0 Å². The summed E-state index contributed by atoms with van der Waals surface area (Å²) in [5.41, 5.74) is 1.32. The highest BCUT2D eigenvalue weighted by Crippen LogP contribution is 2.20. The standard InChI is InChI=1S/C11H12BrNOS/c1-8(9-3-5-15-7-9)13-6-11-10(12)2-4-14-11/h2-5,7-8,13H,6H2,1H3. The largest absolute Gasteiger partial charge is 0.467 e. The van der Waals surface area contributed by atoms with Crippen molar-refractivity contribution >= 4 is 27.3 Å². The van der Waals surface area contributed by atoms with E-state index in [1.807, 2.05) is 6.07 Å². The molecule has 2 aromatic rings. The molecule has 1 N–H and O–H groups in total. The monoisotopic (exact) mass is 285 g/mol. The molecule has 15 heavy (non-hydrogen) atoms. The summed E-state index contributed by atoms with van der Waals surface area (Å²) in [6.07, 6.45) is 1.69. The van der Waals surface area contributed by atoms with Gasteiger partial charge < -0.3 is 9.73 Å². The molecule has 0 aliphatic carbocycles. The number of furan rings is 1. The Hall–Kier alpha value is -0.580. The van der Waals surface area contributed by atoms with E-state index in [0.29, 0.717) is 6.04 Å². The first kappa shape index (κ1) is 10.9. The zero-order valence-electron chi connectivity index (χ0n) is 8.37. The molecule has 0 amide bonds. The Balaban J connectivity index is 1.91. The second-order valence-electron chi connectivity index (χ2n) is 3.35. The van der Waals surface area contributed by atoms with Gasteiger partial charge in [0.1, 0.15) is 5.76 Å². The normalized spacial score (nSPS) is 12.9. The maximum Gasteiger partial charge on any atom is 0.131 e. The fourth-order valence-corrected chi connectivity index (χ4v) is 2.43. The average Bonchev–Trinajstić information content (AvgIpc) is 2.85. The Morgan fingerprint density at radius 2 is 2.40 bits per heavy atom. The highest BCUT2D eigenvalue weighted by Gasteiger charge is 2.07. The molecule has 2 nitrogen and oxygen atoms in total. The maximum atomic E-state index is 5.33. The van der Waals surface area contributed by atoms with Gasteiger partial charge in [0.15, 0.2) is 0 Å². The van der Waals surface area contributed by atoms with Gasteiger partial charge in [-0.25, -0.2) is 0 Å². The van der Waals surface area contributed by atoms with Crippen LogP contribution in [0.25, 0.3) is 0 Å². The SMILES string of the molecule is CC(NCc1occc1Br)c1ccsc1. The Morgan fingerprint density at radius 3 is 3.00 bits per heavy atom. The second-order valence-corrected chi connectivity index (χ2v) is 4.99. The minimum atomic E-state index is 0.355. The predicted octanol–water partition coefficient (Wildman–Crippen LogP) is 3.95. The summed E-state index contributed by atoms with van der Waals surface area (Å²) in [5.74, 6) is 0.942. The van der Waals surface area contributed by atoms with E-state index < -0.39 is 0 Å². The Bertz CT molecular complexity index is 410. The van der Waals surface area contributed by atoms with Crippen molar-refractivity contribution in [3.63, 3.8) is 0 Å². The molecule has 0 spiro atoms. The highest BCUT2D eigenvalue weighted by molar-refractivity contribution is 9.10. The lowest BCUT2D eigenvalue weighted by Gasteiger charge is -2.11. The molecule has 0 saturated carbocycles. The van der Waals surface area contributed by atoms with E-state index in [0.717, 1.165) is 16.8 Å². The lowest BCUT2D eigenvalue weighted by molar-refractivity contribution is 0.459. The minimum Gasteiger partial charge on any atom is -0.467 e. The molecule has 4 heteroatoms. The van der Waals surface area contributed by atoms with Crippen LogP contribution in [-0.2, 0) is 6.54 Å². The van der Waals surface area contributed by atoms with Crippen LogP contribution in [0.2, 0.25) is 0 Å². The fraction of sp³-hybridized carbons (Fsp3) is 0.273. The molecule has 1 unspecified atom stereocenters. The zero-order valence-corrected chi connectivity index (χ0v) is 10.8. The van der Waals surface area contributed by atoms with Crippen molar-refractivity contribution in [1.82, 2.24) is 5.32 Å². The van der Waals surface area contributed by atoms with Gasteiger partial charge in [0.25, 0.3) is 0 Å². The van der Waals surface area contributed by atoms with Gasteiger partial charge in [-0.05, 0) is 51.3 Å². The first-order valence-corrected chi connectivity index (χ1v) is 6.48. The number of nitrogens with one attached hydrogen (secondary N) is 1. The summed E-state index contributed by atoms with van der Waals surface area (Å²) in [5, 5.41) is 7.67. The summed E-state index contributed by atoms with van der Waals surface area (Å²) < 4.78 is 6.35. The Kier molecular flexibility index (Phi) is 3.61. The lowest BCUT2D eigenvalue weighted by Crippen LogP contribution is -2.17. The van der Waals surface area contributed by atoms with Gasteiger partial charge in [0.2, 0.25) is 0 Å². The number of hydrogen-bond donors (Lipinski definition) is 1. The van der Waals surface area contributed by atoms with Crippen LogP contribution in [0.1, 0.15) is 24.3 Å². The van der Waals surface area contributed by atoms with Gasteiger partial charge >= 0.3 is 0 Å². The van der Waals surface area contributed by atoms with E-state index in [1.54, 1.807) is 17.6 Å². The molecule has 0 aliphatic rings. The van der Waals surface area contributed by atoms with Gasteiger partial charge in [-0.15, -0.1) is 0 Å². The van der Waals surface area contributed by atoms with Crippen LogP contribution >= 0.6 is 27.3 Å². The van der Waals surface area contributed by atoms with E-state index in [1.165, 1.54) is 5.56 Å². The van der Waals surface area contributed by atoms with E-state index in [2.05, 4.69) is 45.0 Å². The van der Waals surface area contributed by atoms with Gasteiger partial charge in [-0.1, -0.05) is 0 Å². The third-order valence-corrected chi connectivity index (χ3v) is 3.71. The molecule has 80 valence electrons. The summed E-state index contributed by atoms with van der Waals surface area (Å²) in [6.45, 7) is 2.89. The van der Waals surface area contributed by atoms with Crippen molar-refractivity contribution in [3.05, 3.63) is 45.0 Å². The molecule has 0 fully saturated rings. The molecule has 1 atom stereocenters. The number of thiophene rings is 1. The van der Waals surface area contributed by atoms with Crippen LogP contribution in [0.5, 0.6) is 0 Å². The maximum absolute atomic E-state index is 5.33. The number of rotatable bonds is 4. The molecule has 0 saturated heterocycles. The third-order valence-electron chi connectivity index (χ3n) is 2.30. The van der Waals surface area contributed by atoms with Crippen LogP contribution in [0.3, 0.4) is 0 Å². The second kappa shape index (κ2) is 4.96. The zero-order chi connectivity index (χ0) is 10.7. The molecule has 2 heterocycles. The van der Waals surface area contributed by atoms with Gasteiger partial charge in [-0.2, -0.15) is 11.3 Å². The number of hydrogen-bond acceptors (Lipinski definition) is 3.